The Morgan fingerprint density at radius 3 is 2.38 bits per heavy atom. The highest BCUT2D eigenvalue weighted by molar-refractivity contribution is 5.93. The highest BCUT2D eigenvalue weighted by Gasteiger charge is 2.20. The van der Waals surface area contributed by atoms with Gasteiger partial charge in [0.05, 0.1) is 5.92 Å². The van der Waals surface area contributed by atoms with Crippen LogP contribution in [0.1, 0.15) is 13.8 Å². The average Bonchev–Trinajstić information content (AvgIpc) is 2.45. The summed E-state index contributed by atoms with van der Waals surface area (Å²) in [4.78, 5) is 22.7. The molecule has 0 bridgehead atoms. The zero-order chi connectivity index (χ0) is 15.4. The van der Waals surface area contributed by atoms with E-state index >= 15 is 0 Å². The Labute approximate surface area is 123 Å². The summed E-state index contributed by atoms with van der Waals surface area (Å²) in [5.41, 5.74) is 0.668. The number of fused-ring (bicyclic) bond motifs is 1. The maximum atomic E-state index is 11.9. The molecule has 5 heteroatoms. The third-order valence-electron chi connectivity index (χ3n) is 3.51. The van der Waals surface area contributed by atoms with Gasteiger partial charge >= 0.3 is 12.0 Å². The summed E-state index contributed by atoms with van der Waals surface area (Å²) < 4.78 is 0. The molecule has 0 aromatic heterocycles. The molecule has 3 N–H and O–H groups in total. The molecule has 0 saturated heterocycles. The van der Waals surface area contributed by atoms with Gasteiger partial charge in [0, 0.05) is 11.7 Å². The molecule has 2 aromatic rings. The van der Waals surface area contributed by atoms with Crippen molar-refractivity contribution in [3.05, 3.63) is 42.5 Å². The minimum absolute atomic E-state index is 0.411. The normalized spacial score (nSPS) is 13.4. The maximum Gasteiger partial charge on any atom is 0.319 e. The van der Waals surface area contributed by atoms with E-state index in [1.165, 1.54) is 0 Å². The van der Waals surface area contributed by atoms with Gasteiger partial charge in [0.25, 0.3) is 0 Å². The Morgan fingerprint density at radius 1 is 1.05 bits per heavy atom. The first kappa shape index (κ1) is 14.8. The van der Waals surface area contributed by atoms with Crippen molar-refractivity contribution < 1.29 is 14.7 Å². The molecule has 2 unspecified atom stereocenters. The van der Waals surface area contributed by atoms with Gasteiger partial charge in [0.1, 0.15) is 0 Å². The molecule has 0 spiro atoms. The van der Waals surface area contributed by atoms with Crippen LogP contribution in [-0.4, -0.2) is 23.1 Å². The molecule has 2 aromatic carbocycles. The summed E-state index contributed by atoms with van der Waals surface area (Å²) >= 11 is 0. The van der Waals surface area contributed by atoms with E-state index in [1.54, 1.807) is 13.8 Å². The predicted molar refractivity (Wildman–Crippen MR) is 82.4 cm³/mol. The van der Waals surface area contributed by atoms with Crippen molar-refractivity contribution in [3.8, 4) is 0 Å². The second kappa shape index (κ2) is 6.26. The number of carboxylic acid groups (broad SMARTS) is 1. The van der Waals surface area contributed by atoms with Gasteiger partial charge in [0.15, 0.2) is 0 Å². The van der Waals surface area contributed by atoms with E-state index in [0.717, 1.165) is 10.8 Å². The van der Waals surface area contributed by atoms with Crippen LogP contribution < -0.4 is 10.6 Å². The van der Waals surface area contributed by atoms with Crippen molar-refractivity contribution in [3.63, 3.8) is 0 Å². The molecule has 0 heterocycles. The third-order valence-corrected chi connectivity index (χ3v) is 3.51. The number of carbonyl (C=O) groups is 2. The Balaban J connectivity index is 2.02. The van der Waals surface area contributed by atoms with Gasteiger partial charge in [-0.25, -0.2) is 4.79 Å². The Hall–Kier alpha value is -2.56. The summed E-state index contributed by atoms with van der Waals surface area (Å²) in [6.07, 6.45) is 0. The number of carbonyl (C=O) groups excluding carboxylic acids is 1. The molecule has 0 fully saturated rings. The molecule has 0 aliphatic carbocycles. The summed E-state index contributed by atoms with van der Waals surface area (Å²) in [5, 5.41) is 16.4. The van der Waals surface area contributed by atoms with Gasteiger partial charge in [-0.15, -0.1) is 0 Å². The van der Waals surface area contributed by atoms with E-state index in [0.29, 0.717) is 5.69 Å². The Kier molecular flexibility index (Phi) is 4.42. The zero-order valence-corrected chi connectivity index (χ0v) is 12.0. The standard InChI is InChI=1S/C16H18N2O3/c1-10(15(19)20)11(2)17-16(21)18-14-8-7-12-5-3-4-6-13(12)9-14/h3-11H,1-2H3,(H,19,20)(H2,17,18,21). The van der Waals surface area contributed by atoms with Crippen LogP contribution in [0.25, 0.3) is 10.8 Å². The molecular weight excluding hydrogens is 268 g/mol. The van der Waals surface area contributed by atoms with Crippen molar-refractivity contribution >= 4 is 28.5 Å². The molecular formula is C16H18N2O3. The Morgan fingerprint density at radius 2 is 1.71 bits per heavy atom. The summed E-state index contributed by atoms with van der Waals surface area (Å²) in [6, 6.07) is 12.6. The fraction of sp³-hybridized carbons (Fsp3) is 0.250. The topological polar surface area (TPSA) is 78.4 Å². The molecule has 2 atom stereocenters. The summed E-state index contributed by atoms with van der Waals surface area (Å²) in [7, 11) is 0. The second-order valence-corrected chi connectivity index (χ2v) is 5.08. The maximum absolute atomic E-state index is 11.9. The molecule has 2 amide bonds. The number of nitrogens with one attached hydrogen (secondary N) is 2. The minimum Gasteiger partial charge on any atom is -0.481 e. The number of hydrogen-bond donors (Lipinski definition) is 3. The predicted octanol–water partition coefficient (Wildman–Crippen LogP) is 3.07. The SMILES string of the molecule is CC(NC(=O)Nc1ccc2ccccc2c1)C(C)C(=O)O. The lowest BCUT2D eigenvalue weighted by atomic mass is 10.0. The summed E-state index contributed by atoms with van der Waals surface area (Å²) in [6.45, 7) is 3.22. The van der Waals surface area contributed by atoms with Gasteiger partial charge in [-0.2, -0.15) is 0 Å². The first-order valence-corrected chi connectivity index (χ1v) is 6.76. The number of amides is 2. The van der Waals surface area contributed by atoms with E-state index in [4.69, 9.17) is 5.11 Å². The molecule has 21 heavy (non-hydrogen) atoms. The van der Waals surface area contributed by atoms with E-state index < -0.39 is 24.0 Å². The van der Waals surface area contributed by atoms with Crippen molar-refractivity contribution in [1.82, 2.24) is 5.32 Å². The fourth-order valence-electron chi connectivity index (χ4n) is 1.98. The van der Waals surface area contributed by atoms with Crippen LogP contribution in [0.15, 0.2) is 42.5 Å². The molecule has 0 aliphatic rings. The van der Waals surface area contributed by atoms with Crippen LogP contribution >= 0.6 is 0 Å². The number of hydrogen-bond acceptors (Lipinski definition) is 2. The van der Waals surface area contributed by atoms with E-state index in [-0.39, 0.29) is 0 Å². The van der Waals surface area contributed by atoms with Crippen molar-refractivity contribution in [1.29, 1.82) is 0 Å². The van der Waals surface area contributed by atoms with Crippen LogP contribution in [0.5, 0.6) is 0 Å². The highest BCUT2D eigenvalue weighted by Crippen LogP contribution is 2.18. The lowest BCUT2D eigenvalue weighted by Gasteiger charge is -2.18. The molecule has 110 valence electrons. The molecule has 0 aliphatic heterocycles. The Bertz CT molecular complexity index is 669. The lowest BCUT2D eigenvalue weighted by Crippen LogP contribution is -2.42. The van der Waals surface area contributed by atoms with Crippen molar-refractivity contribution in [2.24, 2.45) is 5.92 Å². The quantitative estimate of drug-likeness (QED) is 0.808. The number of anilines is 1. The second-order valence-electron chi connectivity index (χ2n) is 5.08. The third kappa shape index (κ3) is 3.72. The molecule has 0 saturated carbocycles. The van der Waals surface area contributed by atoms with E-state index in [2.05, 4.69) is 10.6 Å². The number of rotatable bonds is 4. The first-order chi connectivity index (χ1) is 9.97. The van der Waals surface area contributed by atoms with Crippen LogP contribution in [0.3, 0.4) is 0 Å². The van der Waals surface area contributed by atoms with Crippen LogP contribution in [-0.2, 0) is 4.79 Å². The van der Waals surface area contributed by atoms with Gasteiger partial charge in [0.2, 0.25) is 0 Å². The fourth-order valence-corrected chi connectivity index (χ4v) is 1.98. The average molecular weight is 286 g/mol. The number of benzene rings is 2. The van der Waals surface area contributed by atoms with Crippen LogP contribution in [0.4, 0.5) is 10.5 Å². The highest BCUT2D eigenvalue weighted by atomic mass is 16.4. The minimum atomic E-state index is -0.937. The lowest BCUT2D eigenvalue weighted by molar-refractivity contribution is -0.141. The number of urea groups is 1. The largest absolute Gasteiger partial charge is 0.481 e. The molecule has 2 rings (SSSR count). The molecule has 5 nitrogen and oxygen atoms in total. The van der Waals surface area contributed by atoms with Crippen molar-refractivity contribution in [2.75, 3.05) is 5.32 Å². The molecule has 0 radical (unpaired) electrons. The first-order valence-electron chi connectivity index (χ1n) is 6.76. The summed E-state index contributed by atoms with van der Waals surface area (Å²) in [5.74, 6) is -1.58. The van der Waals surface area contributed by atoms with Crippen LogP contribution in [0, 0.1) is 5.92 Å². The number of carboxylic acids is 1. The number of aliphatic carboxylic acids is 1. The van der Waals surface area contributed by atoms with E-state index in [9.17, 15) is 9.59 Å². The van der Waals surface area contributed by atoms with Crippen LogP contribution in [0.2, 0.25) is 0 Å². The van der Waals surface area contributed by atoms with Gasteiger partial charge in [-0.1, -0.05) is 30.3 Å². The van der Waals surface area contributed by atoms with Crippen molar-refractivity contribution in [2.45, 2.75) is 19.9 Å². The smallest absolute Gasteiger partial charge is 0.319 e. The van der Waals surface area contributed by atoms with Gasteiger partial charge in [-0.05, 0) is 36.8 Å². The zero-order valence-electron chi connectivity index (χ0n) is 12.0. The van der Waals surface area contributed by atoms with Gasteiger partial charge in [-0.3, -0.25) is 4.79 Å². The van der Waals surface area contributed by atoms with Gasteiger partial charge < -0.3 is 15.7 Å². The van der Waals surface area contributed by atoms with E-state index in [1.807, 2.05) is 42.5 Å². The monoisotopic (exact) mass is 286 g/mol.